The molecule has 0 unspecified atom stereocenters. The molecule has 0 amide bonds. The molecule has 0 spiro atoms. The van der Waals surface area contributed by atoms with Crippen molar-refractivity contribution in [2.45, 2.75) is 13.5 Å². The Morgan fingerprint density at radius 2 is 2.12 bits per heavy atom. The van der Waals surface area contributed by atoms with Crippen molar-refractivity contribution in [2.75, 3.05) is 12.4 Å². The maximum Gasteiger partial charge on any atom is 0.387 e. The molecule has 3 nitrogen and oxygen atoms in total. The predicted octanol–water partition coefficient (Wildman–Crippen LogP) is 3.19. The lowest BCUT2D eigenvalue weighted by atomic mass is 10.1. The van der Waals surface area contributed by atoms with E-state index in [-0.39, 0.29) is 5.75 Å². The second kappa shape index (κ2) is 4.53. The second-order valence-electron chi connectivity index (χ2n) is 3.59. The van der Waals surface area contributed by atoms with Crippen LogP contribution in [-0.4, -0.2) is 18.6 Å². The Labute approximate surface area is 97.4 Å². The van der Waals surface area contributed by atoms with Crippen LogP contribution < -0.4 is 10.1 Å². The first kappa shape index (κ1) is 11.6. The third-order valence-corrected chi connectivity index (χ3v) is 2.42. The molecule has 0 aliphatic heterocycles. The number of nitrogens with zero attached hydrogens (tertiary/aromatic N) is 1. The van der Waals surface area contributed by atoms with E-state index in [1.807, 2.05) is 12.1 Å². The Morgan fingerprint density at radius 3 is 2.76 bits per heavy atom. The second-order valence-corrected chi connectivity index (χ2v) is 3.59. The quantitative estimate of drug-likeness (QED) is 0.891. The maximum atomic E-state index is 12.3. The number of hydrogen-bond acceptors (Lipinski definition) is 3. The van der Waals surface area contributed by atoms with Crippen LogP contribution in [0.4, 0.5) is 14.5 Å². The third-order valence-electron chi connectivity index (χ3n) is 2.42. The number of aromatic nitrogens is 1. The van der Waals surface area contributed by atoms with Crippen molar-refractivity contribution in [3.63, 3.8) is 0 Å². The van der Waals surface area contributed by atoms with Gasteiger partial charge in [-0.05, 0) is 19.1 Å². The number of ether oxygens (including phenoxy) is 1. The van der Waals surface area contributed by atoms with E-state index in [1.165, 1.54) is 6.07 Å². The lowest BCUT2D eigenvalue weighted by Crippen LogP contribution is -2.03. The molecule has 0 saturated carbocycles. The summed E-state index contributed by atoms with van der Waals surface area (Å²) in [5.74, 6) is 0.0951. The molecule has 1 aromatic carbocycles. The van der Waals surface area contributed by atoms with E-state index in [2.05, 4.69) is 15.0 Å². The zero-order valence-electron chi connectivity index (χ0n) is 9.50. The summed E-state index contributed by atoms with van der Waals surface area (Å²) in [6, 6.07) is 6.82. The lowest BCUT2D eigenvalue weighted by molar-refractivity contribution is -0.0489. The highest BCUT2D eigenvalue weighted by molar-refractivity contribution is 5.95. The number of aryl methyl sites for hydroxylation is 1. The summed E-state index contributed by atoms with van der Waals surface area (Å²) in [6.07, 6.45) is 0. The SMILES string of the molecule is CNc1cc(C)nc2c(OC(F)F)cccc12. The fraction of sp³-hybridized carbons (Fsp3) is 0.250. The topological polar surface area (TPSA) is 34.2 Å². The van der Waals surface area contributed by atoms with E-state index in [0.29, 0.717) is 5.52 Å². The van der Waals surface area contributed by atoms with Crippen molar-refractivity contribution in [3.05, 3.63) is 30.0 Å². The van der Waals surface area contributed by atoms with Gasteiger partial charge in [-0.25, -0.2) is 4.98 Å². The molecule has 1 aromatic heterocycles. The summed E-state index contributed by atoms with van der Waals surface area (Å²) in [5.41, 5.74) is 2.02. The van der Waals surface area contributed by atoms with Crippen LogP contribution in [0, 0.1) is 6.92 Å². The molecule has 1 heterocycles. The van der Waals surface area contributed by atoms with Gasteiger partial charge in [0.1, 0.15) is 5.52 Å². The molecule has 0 aliphatic rings. The zero-order chi connectivity index (χ0) is 12.4. The molecule has 0 radical (unpaired) electrons. The molecule has 0 aliphatic carbocycles. The van der Waals surface area contributed by atoms with E-state index >= 15 is 0 Å². The number of alkyl halides is 2. The normalized spacial score (nSPS) is 10.9. The number of rotatable bonds is 3. The molecule has 90 valence electrons. The number of nitrogens with one attached hydrogen (secondary N) is 1. The minimum Gasteiger partial charge on any atom is -0.432 e. The van der Waals surface area contributed by atoms with Crippen LogP contribution in [0.5, 0.6) is 5.75 Å². The molecular formula is C12H12F2N2O. The average Bonchev–Trinajstić information content (AvgIpc) is 2.28. The molecule has 2 aromatic rings. The number of benzene rings is 1. The van der Waals surface area contributed by atoms with Gasteiger partial charge >= 0.3 is 6.61 Å². The number of fused-ring (bicyclic) bond motifs is 1. The Kier molecular flexibility index (Phi) is 3.08. The smallest absolute Gasteiger partial charge is 0.387 e. The minimum absolute atomic E-state index is 0.0951. The molecule has 0 saturated heterocycles. The van der Waals surface area contributed by atoms with Crippen LogP contribution in [-0.2, 0) is 0 Å². The fourth-order valence-electron chi connectivity index (χ4n) is 1.75. The molecule has 0 bridgehead atoms. The summed E-state index contributed by atoms with van der Waals surface area (Å²) in [5, 5.41) is 3.77. The van der Waals surface area contributed by atoms with Crippen molar-refractivity contribution in [2.24, 2.45) is 0 Å². The zero-order valence-corrected chi connectivity index (χ0v) is 9.50. The highest BCUT2D eigenvalue weighted by Crippen LogP contribution is 2.30. The van der Waals surface area contributed by atoms with Crippen molar-refractivity contribution < 1.29 is 13.5 Å². The summed E-state index contributed by atoms with van der Waals surface area (Å²) in [7, 11) is 1.77. The molecular weight excluding hydrogens is 226 g/mol. The summed E-state index contributed by atoms with van der Waals surface area (Å²) < 4.78 is 29.0. The van der Waals surface area contributed by atoms with Gasteiger partial charge in [0.25, 0.3) is 0 Å². The highest BCUT2D eigenvalue weighted by Gasteiger charge is 2.11. The minimum atomic E-state index is -2.85. The number of halogens is 2. The van der Waals surface area contributed by atoms with Crippen LogP contribution in [0.2, 0.25) is 0 Å². The Morgan fingerprint density at radius 1 is 1.35 bits per heavy atom. The largest absolute Gasteiger partial charge is 0.432 e. The average molecular weight is 238 g/mol. The van der Waals surface area contributed by atoms with Gasteiger partial charge in [-0.3, -0.25) is 0 Å². The maximum absolute atomic E-state index is 12.3. The van der Waals surface area contributed by atoms with Gasteiger partial charge in [-0.1, -0.05) is 12.1 Å². The van der Waals surface area contributed by atoms with Gasteiger partial charge in [0, 0.05) is 23.8 Å². The van der Waals surface area contributed by atoms with Crippen molar-refractivity contribution in [1.29, 1.82) is 0 Å². The Hall–Kier alpha value is -1.91. The molecule has 1 N–H and O–H groups in total. The van der Waals surface area contributed by atoms with E-state index < -0.39 is 6.61 Å². The van der Waals surface area contributed by atoms with Crippen molar-refractivity contribution in [3.8, 4) is 5.75 Å². The first-order chi connectivity index (χ1) is 8.11. The lowest BCUT2D eigenvalue weighted by Gasteiger charge is -2.11. The van der Waals surface area contributed by atoms with Gasteiger partial charge in [-0.2, -0.15) is 8.78 Å². The summed E-state index contributed by atoms with van der Waals surface area (Å²) in [6.45, 7) is -1.04. The Balaban J connectivity index is 2.66. The van der Waals surface area contributed by atoms with Crippen molar-refractivity contribution >= 4 is 16.6 Å². The molecule has 0 fully saturated rings. The van der Waals surface area contributed by atoms with Crippen LogP contribution in [0.1, 0.15) is 5.69 Å². The van der Waals surface area contributed by atoms with E-state index in [4.69, 9.17) is 0 Å². The summed E-state index contributed by atoms with van der Waals surface area (Å²) in [4.78, 5) is 4.24. The fourth-order valence-corrected chi connectivity index (χ4v) is 1.75. The van der Waals surface area contributed by atoms with Crippen LogP contribution in [0.3, 0.4) is 0 Å². The van der Waals surface area contributed by atoms with Crippen molar-refractivity contribution in [1.82, 2.24) is 4.98 Å². The monoisotopic (exact) mass is 238 g/mol. The number of para-hydroxylation sites is 1. The van der Waals surface area contributed by atoms with E-state index in [1.54, 1.807) is 20.0 Å². The van der Waals surface area contributed by atoms with E-state index in [9.17, 15) is 8.78 Å². The Bertz CT molecular complexity index is 543. The molecule has 17 heavy (non-hydrogen) atoms. The first-order valence-electron chi connectivity index (χ1n) is 5.14. The van der Waals surface area contributed by atoms with E-state index in [0.717, 1.165) is 16.8 Å². The third kappa shape index (κ3) is 2.27. The number of hydrogen-bond donors (Lipinski definition) is 1. The van der Waals surface area contributed by atoms with Gasteiger partial charge in [-0.15, -0.1) is 0 Å². The van der Waals surface area contributed by atoms with Crippen LogP contribution in [0.25, 0.3) is 10.9 Å². The van der Waals surface area contributed by atoms with Gasteiger partial charge < -0.3 is 10.1 Å². The predicted molar refractivity (Wildman–Crippen MR) is 62.7 cm³/mol. The van der Waals surface area contributed by atoms with Gasteiger partial charge in [0.15, 0.2) is 5.75 Å². The summed E-state index contributed by atoms with van der Waals surface area (Å²) >= 11 is 0. The number of pyridine rings is 1. The number of anilines is 1. The highest BCUT2D eigenvalue weighted by atomic mass is 19.3. The first-order valence-corrected chi connectivity index (χ1v) is 5.14. The van der Waals surface area contributed by atoms with Crippen LogP contribution >= 0.6 is 0 Å². The standard InChI is InChI=1S/C12H12F2N2O/c1-7-6-9(15-2)8-4-3-5-10(11(8)16-7)17-12(13)14/h3-6,12H,1-2H3,(H,15,16). The van der Waals surface area contributed by atoms with Crippen LogP contribution in [0.15, 0.2) is 24.3 Å². The van der Waals surface area contributed by atoms with Gasteiger partial charge in [0.2, 0.25) is 0 Å². The molecule has 2 rings (SSSR count). The molecule has 5 heteroatoms. The van der Waals surface area contributed by atoms with Gasteiger partial charge in [0.05, 0.1) is 0 Å². The molecule has 0 atom stereocenters.